The van der Waals surface area contributed by atoms with Crippen LogP contribution in [0.2, 0.25) is 5.02 Å². The summed E-state index contributed by atoms with van der Waals surface area (Å²) in [5, 5.41) is 1.21. The number of aryl methyl sites for hydroxylation is 2. The Labute approximate surface area is 284 Å². The van der Waals surface area contributed by atoms with E-state index in [1.54, 1.807) is 12.1 Å². The minimum atomic E-state index is -4.39. The molecule has 0 aliphatic rings. The molecule has 250 valence electrons. The second-order valence-corrected chi connectivity index (χ2v) is 12.3. The van der Waals surface area contributed by atoms with Gasteiger partial charge in [0.25, 0.3) is 0 Å². The third-order valence-electron chi connectivity index (χ3n) is 8.76. The molecule has 48 heavy (non-hydrogen) atoms. The van der Waals surface area contributed by atoms with Crippen molar-refractivity contribution in [3.63, 3.8) is 0 Å². The molecule has 0 fully saturated rings. The van der Waals surface area contributed by atoms with Gasteiger partial charge >= 0.3 is 6.18 Å². The summed E-state index contributed by atoms with van der Waals surface area (Å²) in [6.45, 7) is 7.54. The number of pyridine rings is 1. The Morgan fingerprint density at radius 1 is 0.771 bits per heavy atom. The van der Waals surface area contributed by atoms with Gasteiger partial charge in [-0.2, -0.15) is 13.2 Å². The van der Waals surface area contributed by atoms with E-state index < -0.39 is 11.7 Å². The fraction of sp³-hybridized carbons (Fsp3) is 0.282. The highest BCUT2D eigenvalue weighted by Gasteiger charge is 2.30. The van der Waals surface area contributed by atoms with Gasteiger partial charge in [-0.15, -0.1) is 0 Å². The Kier molecular flexibility index (Phi) is 11.4. The lowest BCUT2D eigenvalue weighted by Gasteiger charge is -2.28. The van der Waals surface area contributed by atoms with Gasteiger partial charge < -0.3 is 14.4 Å². The predicted molar refractivity (Wildman–Crippen MR) is 187 cm³/mol. The number of amides is 1. The number of benzene rings is 4. The van der Waals surface area contributed by atoms with Gasteiger partial charge in [-0.3, -0.25) is 9.59 Å². The molecule has 0 saturated heterocycles. The number of carbonyl (C=O) groups excluding carboxylic acids is 1. The molecule has 4 aromatic carbocycles. The standard InChI is InChI=1S/C39H39ClF3N3O2/c1-3-44(4-2)22-23-45(26-29-12-15-30(16-13-29)31-17-19-32(20-18-31)39(41,42)43)38(48)27-46-34(21-14-28-8-7-9-33(40)24-28)25-37(47)35-10-5-6-11-36(35)46/h5-13,15-20,24-25H,3-4,14,21-23,26-27H2,1-2H3. The molecule has 9 heteroatoms. The zero-order valence-electron chi connectivity index (χ0n) is 27.1. The number of hydrogen-bond donors (Lipinski definition) is 0. The van der Waals surface area contributed by atoms with Crippen LogP contribution in [0.25, 0.3) is 22.0 Å². The van der Waals surface area contributed by atoms with Crippen LogP contribution >= 0.6 is 11.6 Å². The van der Waals surface area contributed by atoms with E-state index in [0.717, 1.165) is 47.6 Å². The van der Waals surface area contributed by atoms with Crippen molar-refractivity contribution < 1.29 is 18.0 Å². The van der Waals surface area contributed by atoms with Crippen LogP contribution < -0.4 is 5.43 Å². The molecular weight excluding hydrogens is 635 g/mol. The van der Waals surface area contributed by atoms with E-state index in [1.165, 1.54) is 12.1 Å². The summed E-state index contributed by atoms with van der Waals surface area (Å²) in [5.74, 6) is -0.0771. The quantitative estimate of drug-likeness (QED) is 0.126. The third kappa shape index (κ3) is 8.74. The Bertz CT molecular complexity index is 1900. The molecule has 0 spiro atoms. The molecule has 0 saturated carbocycles. The highest BCUT2D eigenvalue weighted by Crippen LogP contribution is 2.31. The van der Waals surface area contributed by atoms with Crippen LogP contribution in [-0.4, -0.2) is 46.5 Å². The molecule has 0 radical (unpaired) electrons. The summed E-state index contributed by atoms with van der Waals surface area (Å²) >= 11 is 6.22. The summed E-state index contributed by atoms with van der Waals surface area (Å²) in [4.78, 5) is 31.4. The molecular formula is C39H39ClF3N3O2. The van der Waals surface area contributed by atoms with Crippen LogP contribution in [0.3, 0.4) is 0 Å². The Morgan fingerprint density at radius 2 is 1.44 bits per heavy atom. The minimum absolute atomic E-state index is 0.0631. The zero-order chi connectivity index (χ0) is 34.3. The van der Waals surface area contributed by atoms with Gasteiger partial charge in [0, 0.05) is 41.8 Å². The molecule has 0 unspecified atom stereocenters. The Morgan fingerprint density at radius 3 is 2.08 bits per heavy atom. The average molecular weight is 674 g/mol. The second kappa shape index (κ2) is 15.7. The van der Waals surface area contributed by atoms with Crippen LogP contribution in [0.5, 0.6) is 0 Å². The van der Waals surface area contributed by atoms with Crippen molar-refractivity contribution in [1.82, 2.24) is 14.4 Å². The van der Waals surface area contributed by atoms with E-state index in [2.05, 4.69) is 18.7 Å². The molecule has 5 nitrogen and oxygen atoms in total. The number of para-hydroxylation sites is 1. The van der Waals surface area contributed by atoms with Crippen LogP contribution in [0, 0.1) is 0 Å². The van der Waals surface area contributed by atoms with Crippen molar-refractivity contribution in [2.75, 3.05) is 26.2 Å². The van der Waals surface area contributed by atoms with Gasteiger partial charge in [0.15, 0.2) is 5.43 Å². The first kappa shape index (κ1) is 34.9. The Balaban J connectivity index is 1.41. The summed E-state index contributed by atoms with van der Waals surface area (Å²) in [7, 11) is 0. The van der Waals surface area contributed by atoms with Crippen molar-refractivity contribution in [3.8, 4) is 11.1 Å². The first-order chi connectivity index (χ1) is 23.0. The zero-order valence-corrected chi connectivity index (χ0v) is 27.9. The number of likely N-dealkylation sites (N-methyl/N-ethyl adjacent to an activating group) is 1. The molecule has 0 N–H and O–H groups in total. The maximum atomic E-state index is 14.2. The molecule has 0 aliphatic carbocycles. The van der Waals surface area contributed by atoms with E-state index in [1.807, 2.05) is 76.2 Å². The van der Waals surface area contributed by atoms with Crippen LogP contribution in [-0.2, 0) is 36.9 Å². The van der Waals surface area contributed by atoms with E-state index >= 15 is 0 Å². The lowest BCUT2D eigenvalue weighted by atomic mass is 10.0. The highest BCUT2D eigenvalue weighted by atomic mass is 35.5. The maximum Gasteiger partial charge on any atom is 0.416 e. The molecule has 5 aromatic rings. The Hall–Kier alpha value is -4.40. The second-order valence-electron chi connectivity index (χ2n) is 11.8. The fourth-order valence-corrected chi connectivity index (χ4v) is 6.15. The number of aromatic nitrogens is 1. The molecule has 0 aliphatic heterocycles. The third-order valence-corrected chi connectivity index (χ3v) is 9.00. The van der Waals surface area contributed by atoms with Gasteiger partial charge in [0.1, 0.15) is 6.54 Å². The summed E-state index contributed by atoms with van der Waals surface area (Å²) in [6, 6.07) is 29.3. The largest absolute Gasteiger partial charge is 0.416 e. The van der Waals surface area contributed by atoms with Gasteiger partial charge in [0.2, 0.25) is 5.91 Å². The van der Waals surface area contributed by atoms with E-state index in [4.69, 9.17) is 11.6 Å². The van der Waals surface area contributed by atoms with Crippen molar-refractivity contribution in [2.45, 2.75) is 46.0 Å². The first-order valence-electron chi connectivity index (χ1n) is 16.2. The number of hydrogen-bond acceptors (Lipinski definition) is 3. The first-order valence-corrected chi connectivity index (χ1v) is 16.6. The molecule has 0 bridgehead atoms. The molecule has 1 aromatic heterocycles. The molecule has 0 atom stereocenters. The van der Waals surface area contributed by atoms with Gasteiger partial charge in [0.05, 0.1) is 11.1 Å². The van der Waals surface area contributed by atoms with Gasteiger partial charge in [-0.25, -0.2) is 0 Å². The van der Waals surface area contributed by atoms with E-state index in [-0.39, 0.29) is 17.9 Å². The number of alkyl halides is 3. The topological polar surface area (TPSA) is 45.5 Å². The number of rotatable bonds is 13. The van der Waals surface area contributed by atoms with Crippen molar-refractivity contribution >= 4 is 28.4 Å². The summed E-state index contributed by atoms with van der Waals surface area (Å²) in [5.41, 5.74) is 4.14. The van der Waals surface area contributed by atoms with Gasteiger partial charge in [-0.05, 0) is 84.6 Å². The molecule has 1 amide bonds. The number of nitrogens with zero attached hydrogens (tertiary/aromatic N) is 3. The van der Waals surface area contributed by atoms with Gasteiger partial charge in [-0.1, -0.05) is 86.1 Å². The van der Waals surface area contributed by atoms with Crippen molar-refractivity contribution in [2.24, 2.45) is 0 Å². The summed E-state index contributed by atoms with van der Waals surface area (Å²) in [6.07, 6.45) is -3.18. The lowest BCUT2D eigenvalue weighted by molar-refractivity contribution is -0.137. The smallest absolute Gasteiger partial charge is 0.336 e. The number of fused-ring (bicyclic) bond motifs is 1. The van der Waals surface area contributed by atoms with Crippen LogP contribution in [0.4, 0.5) is 13.2 Å². The predicted octanol–water partition coefficient (Wildman–Crippen LogP) is 8.50. The number of halogens is 4. The fourth-order valence-electron chi connectivity index (χ4n) is 5.94. The lowest BCUT2D eigenvalue weighted by Crippen LogP contribution is -2.40. The minimum Gasteiger partial charge on any atom is -0.336 e. The monoisotopic (exact) mass is 673 g/mol. The van der Waals surface area contributed by atoms with E-state index in [0.29, 0.717) is 54.0 Å². The molecule has 1 heterocycles. The SMILES string of the molecule is CCN(CC)CCN(Cc1ccc(-c2ccc(C(F)(F)F)cc2)cc1)C(=O)Cn1c(CCc2cccc(Cl)c2)cc(=O)c2ccccc21. The molecule has 5 rings (SSSR count). The van der Waals surface area contributed by atoms with Crippen molar-refractivity contribution in [3.05, 3.63) is 141 Å². The van der Waals surface area contributed by atoms with Crippen molar-refractivity contribution in [1.29, 1.82) is 0 Å². The van der Waals surface area contributed by atoms with Crippen LogP contribution in [0.15, 0.2) is 108 Å². The normalized spacial score (nSPS) is 11.7. The van der Waals surface area contributed by atoms with Crippen LogP contribution in [0.1, 0.15) is 36.2 Å². The maximum absolute atomic E-state index is 14.2. The average Bonchev–Trinajstić information content (AvgIpc) is 3.08. The van der Waals surface area contributed by atoms with E-state index in [9.17, 15) is 22.8 Å². The summed E-state index contributed by atoms with van der Waals surface area (Å²) < 4.78 is 41.1. The number of carbonyl (C=O) groups is 1. The highest BCUT2D eigenvalue weighted by molar-refractivity contribution is 6.30.